The lowest BCUT2D eigenvalue weighted by atomic mass is 10.1. The quantitative estimate of drug-likeness (QED) is 0.232. The van der Waals surface area contributed by atoms with Crippen molar-refractivity contribution in [1.29, 1.82) is 0 Å². The summed E-state index contributed by atoms with van der Waals surface area (Å²) in [6, 6.07) is 8.39. The fraction of sp³-hybridized carbons (Fsp3) is 0.143. The predicted molar refractivity (Wildman–Crippen MR) is 130 cm³/mol. The van der Waals surface area contributed by atoms with Crippen LogP contribution < -0.4 is 14.4 Å². The van der Waals surface area contributed by atoms with Gasteiger partial charge in [-0.1, -0.05) is 71.4 Å². The molecule has 0 saturated carbocycles. The van der Waals surface area contributed by atoms with E-state index in [0.29, 0.717) is 60.3 Å². The van der Waals surface area contributed by atoms with Crippen LogP contribution in [0.4, 0.5) is 5.69 Å². The van der Waals surface area contributed by atoms with Crippen molar-refractivity contribution in [3.8, 4) is 11.5 Å². The van der Waals surface area contributed by atoms with Crippen LogP contribution >= 0.6 is 58.8 Å². The highest BCUT2D eigenvalue weighted by Crippen LogP contribution is 2.41. The van der Waals surface area contributed by atoms with Crippen molar-refractivity contribution >= 4 is 80.8 Å². The molecule has 4 nitrogen and oxygen atoms in total. The van der Waals surface area contributed by atoms with Gasteiger partial charge in [-0.15, -0.1) is 0 Å². The van der Waals surface area contributed by atoms with Gasteiger partial charge >= 0.3 is 0 Å². The number of benzene rings is 2. The van der Waals surface area contributed by atoms with Crippen LogP contribution in [-0.2, 0) is 4.79 Å². The number of ether oxygens (including phenoxy) is 2. The molecule has 1 aliphatic heterocycles. The molecule has 3 rings (SSSR count). The lowest BCUT2D eigenvalue weighted by Gasteiger charge is -2.15. The van der Waals surface area contributed by atoms with Crippen LogP contribution in [0.25, 0.3) is 6.08 Å². The molecule has 2 aromatic rings. The molecule has 0 bridgehead atoms. The molecule has 0 spiro atoms. The minimum atomic E-state index is -0.260. The molecule has 9 heteroatoms. The van der Waals surface area contributed by atoms with Crippen LogP contribution in [0.5, 0.6) is 11.5 Å². The van der Waals surface area contributed by atoms with Gasteiger partial charge in [-0.25, -0.2) is 0 Å². The van der Waals surface area contributed by atoms with Crippen molar-refractivity contribution in [2.45, 2.75) is 6.92 Å². The number of thiocarbonyl (C=S) groups is 1. The molecule has 0 N–H and O–H groups in total. The van der Waals surface area contributed by atoms with Crippen LogP contribution in [0.1, 0.15) is 12.5 Å². The monoisotopic (exact) mass is 499 g/mol. The van der Waals surface area contributed by atoms with Gasteiger partial charge in [-0.2, -0.15) is 0 Å². The van der Waals surface area contributed by atoms with Gasteiger partial charge in [0.2, 0.25) is 0 Å². The molecule has 0 aromatic heterocycles. The maximum Gasteiger partial charge on any atom is 0.270 e. The van der Waals surface area contributed by atoms with Crippen LogP contribution in [0, 0.1) is 0 Å². The van der Waals surface area contributed by atoms with E-state index in [2.05, 4.69) is 6.58 Å². The first-order valence-corrected chi connectivity index (χ1v) is 11.1. The van der Waals surface area contributed by atoms with Crippen molar-refractivity contribution in [3.63, 3.8) is 0 Å². The Bertz CT molecular complexity index is 1060. The van der Waals surface area contributed by atoms with E-state index in [1.807, 2.05) is 6.92 Å². The van der Waals surface area contributed by atoms with Crippen LogP contribution in [0.2, 0.25) is 15.1 Å². The Kier molecular flexibility index (Phi) is 7.71. The largest absolute Gasteiger partial charge is 0.490 e. The van der Waals surface area contributed by atoms with Crippen molar-refractivity contribution in [2.75, 3.05) is 18.1 Å². The minimum absolute atomic E-state index is 0.260. The van der Waals surface area contributed by atoms with E-state index in [1.165, 1.54) is 16.7 Å². The minimum Gasteiger partial charge on any atom is -0.490 e. The van der Waals surface area contributed by atoms with E-state index in [1.54, 1.807) is 42.5 Å². The molecule has 156 valence electrons. The van der Waals surface area contributed by atoms with Gasteiger partial charge in [-0.3, -0.25) is 9.69 Å². The van der Waals surface area contributed by atoms with E-state index >= 15 is 0 Å². The molecule has 1 fully saturated rings. The summed E-state index contributed by atoms with van der Waals surface area (Å²) in [6.45, 7) is 6.22. The first-order valence-electron chi connectivity index (χ1n) is 8.78. The maximum atomic E-state index is 13.0. The Labute approximate surface area is 199 Å². The maximum absolute atomic E-state index is 13.0. The first kappa shape index (κ1) is 23.0. The summed E-state index contributed by atoms with van der Waals surface area (Å²) >= 11 is 25.0. The highest BCUT2D eigenvalue weighted by Gasteiger charge is 2.33. The summed E-state index contributed by atoms with van der Waals surface area (Å²) in [6.07, 6.45) is 3.33. The average molecular weight is 501 g/mol. The Morgan fingerprint density at radius 3 is 2.57 bits per heavy atom. The lowest BCUT2D eigenvalue weighted by molar-refractivity contribution is -0.113. The number of carbonyl (C=O) groups excluding carboxylic acids is 1. The summed E-state index contributed by atoms with van der Waals surface area (Å²) in [4.78, 5) is 14.9. The van der Waals surface area contributed by atoms with Gasteiger partial charge in [0.25, 0.3) is 5.91 Å². The van der Waals surface area contributed by atoms with Gasteiger partial charge in [0.15, 0.2) is 15.8 Å². The number of hydrogen-bond acceptors (Lipinski definition) is 5. The molecular weight excluding hydrogens is 485 g/mol. The third-order valence-corrected chi connectivity index (χ3v) is 6.25. The first-order chi connectivity index (χ1) is 14.3. The SMILES string of the molecule is C=CCOc1c(Cl)cc(/C=C2\SC(=S)N(c3ccc(Cl)c(Cl)c3)C2=O)cc1OCC. The van der Waals surface area contributed by atoms with Gasteiger partial charge in [0.1, 0.15) is 6.61 Å². The number of carbonyl (C=O) groups is 1. The van der Waals surface area contributed by atoms with Gasteiger partial charge in [-0.05, 0) is 48.9 Å². The zero-order valence-electron chi connectivity index (χ0n) is 15.8. The van der Waals surface area contributed by atoms with Crippen molar-refractivity contribution in [1.82, 2.24) is 0 Å². The second-order valence-electron chi connectivity index (χ2n) is 5.98. The average Bonchev–Trinajstić information content (AvgIpc) is 2.97. The molecule has 0 radical (unpaired) electrons. The summed E-state index contributed by atoms with van der Waals surface area (Å²) in [7, 11) is 0. The zero-order chi connectivity index (χ0) is 21.8. The van der Waals surface area contributed by atoms with Gasteiger partial charge in [0, 0.05) is 0 Å². The van der Waals surface area contributed by atoms with E-state index in [-0.39, 0.29) is 5.91 Å². The number of amides is 1. The standard InChI is InChI=1S/C21H16Cl3NO3S2/c1-3-7-28-19-16(24)8-12(9-17(19)27-4-2)10-18-20(26)25(21(29)30-18)13-5-6-14(22)15(23)11-13/h3,5-6,8-11H,1,4,7H2,2H3/b18-10-. The molecule has 0 aliphatic carbocycles. The Balaban J connectivity index is 1.94. The summed E-state index contributed by atoms with van der Waals surface area (Å²) in [5.74, 6) is 0.654. The molecular formula is C21H16Cl3NO3S2. The third kappa shape index (κ3) is 4.95. The smallest absolute Gasteiger partial charge is 0.270 e. The fourth-order valence-electron chi connectivity index (χ4n) is 2.68. The molecule has 1 heterocycles. The molecule has 1 amide bonds. The third-order valence-electron chi connectivity index (χ3n) is 3.93. The van der Waals surface area contributed by atoms with E-state index in [9.17, 15) is 4.79 Å². The molecule has 2 aromatic carbocycles. The number of halogens is 3. The molecule has 1 aliphatic rings. The summed E-state index contributed by atoms with van der Waals surface area (Å²) in [5.41, 5.74) is 1.24. The Morgan fingerprint density at radius 1 is 1.13 bits per heavy atom. The highest BCUT2D eigenvalue weighted by molar-refractivity contribution is 8.27. The van der Waals surface area contributed by atoms with E-state index in [4.69, 9.17) is 56.5 Å². The highest BCUT2D eigenvalue weighted by atomic mass is 35.5. The number of rotatable bonds is 7. The topological polar surface area (TPSA) is 38.8 Å². The lowest BCUT2D eigenvalue weighted by Crippen LogP contribution is -2.27. The van der Waals surface area contributed by atoms with Gasteiger partial charge in [0.05, 0.1) is 32.3 Å². The molecule has 1 saturated heterocycles. The van der Waals surface area contributed by atoms with Crippen LogP contribution in [0.15, 0.2) is 47.9 Å². The number of nitrogens with zero attached hydrogens (tertiary/aromatic N) is 1. The Morgan fingerprint density at radius 2 is 1.90 bits per heavy atom. The van der Waals surface area contributed by atoms with Crippen molar-refractivity contribution in [3.05, 3.63) is 68.5 Å². The zero-order valence-corrected chi connectivity index (χ0v) is 19.7. The number of anilines is 1. The normalized spacial score (nSPS) is 15.1. The molecule has 30 heavy (non-hydrogen) atoms. The van der Waals surface area contributed by atoms with Crippen molar-refractivity contribution < 1.29 is 14.3 Å². The predicted octanol–water partition coefficient (Wildman–Crippen LogP) is 7.02. The van der Waals surface area contributed by atoms with Gasteiger partial charge < -0.3 is 9.47 Å². The second kappa shape index (κ2) is 10.1. The number of thioether (sulfide) groups is 1. The van der Waals surface area contributed by atoms with E-state index < -0.39 is 0 Å². The van der Waals surface area contributed by atoms with E-state index in [0.717, 1.165) is 0 Å². The second-order valence-corrected chi connectivity index (χ2v) is 8.88. The summed E-state index contributed by atoms with van der Waals surface area (Å²) < 4.78 is 11.7. The van der Waals surface area contributed by atoms with Crippen LogP contribution in [0.3, 0.4) is 0 Å². The Hall–Kier alpha value is -1.70. The molecule has 0 unspecified atom stereocenters. The van der Waals surface area contributed by atoms with Crippen molar-refractivity contribution in [2.24, 2.45) is 0 Å². The fourth-order valence-corrected chi connectivity index (χ4v) is 4.55. The van der Waals surface area contributed by atoms with Crippen LogP contribution in [-0.4, -0.2) is 23.4 Å². The molecule has 0 atom stereocenters. The summed E-state index contributed by atoms with van der Waals surface area (Å²) in [5, 5.41) is 1.11. The number of hydrogen-bond donors (Lipinski definition) is 0.